The predicted octanol–water partition coefficient (Wildman–Crippen LogP) is 29.9. The van der Waals surface area contributed by atoms with Crippen LogP contribution in [0.15, 0.2) is 366 Å². The molecule has 0 spiro atoms. The van der Waals surface area contributed by atoms with Gasteiger partial charge < -0.3 is 9.47 Å². The van der Waals surface area contributed by atoms with Gasteiger partial charge in [0, 0.05) is 133 Å². The van der Waals surface area contributed by atoms with Crippen molar-refractivity contribution in [1.29, 1.82) is 5.26 Å². The Balaban J connectivity index is 0.000000199. The third kappa shape index (κ3) is 29.6. The average molecular weight is 1910 g/mol. The van der Waals surface area contributed by atoms with Gasteiger partial charge in [-0.2, -0.15) is 5.26 Å². The van der Waals surface area contributed by atoms with Gasteiger partial charge in [-0.3, -0.25) is 33.6 Å². The first-order chi connectivity index (χ1) is 65.3. The minimum absolute atomic E-state index is 0.00907. The third-order valence-electron chi connectivity index (χ3n) is 22.7. The van der Waals surface area contributed by atoms with E-state index in [-0.39, 0.29) is 98.7 Å². The monoisotopic (exact) mass is 1900 g/mol. The number of hydrogen-bond acceptors (Lipinski definition) is 11. The van der Waals surface area contributed by atoms with Gasteiger partial charge in [0.25, 0.3) is 0 Å². The number of nitrogens with zero attached hydrogens (tertiary/aromatic N) is 1. The van der Waals surface area contributed by atoms with Crippen LogP contribution in [-0.2, 0) is 37.9 Å². The highest BCUT2D eigenvalue weighted by Gasteiger charge is 2.28. The zero-order valence-corrected chi connectivity index (χ0v) is 85.7. The van der Waals surface area contributed by atoms with Crippen LogP contribution < -0.4 is 47.5 Å². The second kappa shape index (κ2) is 48.5. The van der Waals surface area contributed by atoms with Gasteiger partial charge in [-0.15, -0.1) is 11.8 Å². The maximum Gasteiger partial charge on any atom is 0.190 e. The molecule has 718 valence electrons. The molecule has 0 amide bonds. The van der Waals surface area contributed by atoms with Gasteiger partial charge in [-0.1, -0.05) is 418 Å². The number of halogens is 5. The summed E-state index contributed by atoms with van der Waals surface area (Å²) in [5.74, 6) is -1.07. The van der Waals surface area contributed by atoms with Gasteiger partial charge in [0.05, 0.1) is 25.9 Å². The molecule has 0 saturated carbocycles. The Morgan fingerprint density at radius 3 is 0.791 bits per heavy atom. The summed E-state index contributed by atoms with van der Waals surface area (Å²) in [5.41, 5.74) is 12.2. The van der Waals surface area contributed by atoms with Crippen LogP contribution in [0.2, 0.25) is 5.02 Å². The molecule has 0 saturated heterocycles. The topological polar surface area (TPSA) is 162 Å². The van der Waals surface area contributed by atoms with Gasteiger partial charge in [-0.25, -0.2) is 17.6 Å². The number of ether oxygens (including phenoxy) is 2. The Kier molecular flexibility index (Phi) is 38.6. The fourth-order valence-electron chi connectivity index (χ4n) is 15.3. The first kappa shape index (κ1) is 111. The Bertz CT molecular complexity index is 6970. The largest absolute Gasteiger partial charge is 0.496 e. The van der Waals surface area contributed by atoms with Crippen molar-refractivity contribution in [1.82, 2.24) is 0 Å². The van der Waals surface area contributed by atoms with Crippen molar-refractivity contribution in [2.24, 2.45) is 0 Å². The molecule has 14 aromatic rings. The maximum atomic E-state index is 13.9. The van der Waals surface area contributed by atoms with E-state index in [0.29, 0.717) is 77.5 Å². The summed E-state index contributed by atoms with van der Waals surface area (Å²) >= 11 is 7.87. The zero-order valence-electron chi connectivity index (χ0n) is 84.1. The van der Waals surface area contributed by atoms with E-state index in [9.17, 15) is 56.4 Å². The van der Waals surface area contributed by atoms with E-state index in [0.717, 1.165) is 67.3 Å². The first-order valence-electron chi connectivity index (χ1n) is 45.8. The number of para-hydroxylation sites is 1. The molecule has 0 N–H and O–H groups in total. The summed E-state index contributed by atoms with van der Waals surface area (Å²) in [6.45, 7) is 42.3. The highest BCUT2D eigenvalue weighted by atomic mass is 35.5. The molecule has 16 heteroatoms. The van der Waals surface area contributed by atoms with Crippen LogP contribution >= 0.6 is 23.4 Å². The highest BCUT2D eigenvalue weighted by molar-refractivity contribution is 7.98. The normalized spacial score (nSPS) is 11.3. The summed E-state index contributed by atoms with van der Waals surface area (Å²) in [6.07, 6.45) is 2.04. The second-order valence-corrected chi connectivity index (χ2v) is 41.6. The smallest absolute Gasteiger partial charge is 0.190 e. The second-order valence-electron chi connectivity index (χ2n) is 40.4. The van der Waals surface area contributed by atoms with E-state index >= 15 is 0 Å². The average Bonchev–Trinajstić information content (AvgIpc) is 1.78. The van der Waals surface area contributed by atoms with Crippen molar-refractivity contribution in [2.45, 2.75) is 188 Å². The van der Waals surface area contributed by atoms with E-state index in [1.54, 1.807) is 110 Å². The molecule has 0 atom stereocenters. The van der Waals surface area contributed by atoms with Gasteiger partial charge in [0.2, 0.25) is 0 Å². The van der Waals surface area contributed by atoms with Gasteiger partial charge >= 0.3 is 0 Å². The molecule has 0 unspecified atom stereocenters. The minimum Gasteiger partial charge on any atom is -0.496 e. The fourth-order valence-corrected chi connectivity index (χ4v) is 16.2. The van der Waals surface area contributed by atoms with Crippen molar-refractivity contribution >= 4 is 23.4 Å². The van der Waals surface area contributed by atoms with Gasteiger partial charge in [0.15, 0.2) is 38.0 Å². The van der Waals surface area contributed by atoms with E-state index in [4.69, 9.17) is 21.1 Å². The van der Waals surface area contributed by atoms with E-state index < -0.39 is 11.6 Å². The zero-order chi connectivity index (χ0) is 103. The maximum absolute atomic E-state index is 13.9. The van der Waals surface area contributed by atoms with Crippen LogP contribution in [-0.4, -0.2) is 20.5 Å². The molecule has 139 heavy (non-hydrogen) atoms. The Morgan fingerprint density at radius 1 is 0.245 bits per heavy atom. The van der Waals surface area contributed by atoms with E-state index in [1.165, 1.54) is 31.4 Å². The summed E-state index contributed by atoms with van der Waals surface area (Å²) in [5, 5.41) is 9.81. The lowest BCUT2D eigenvalue weighted by Crippen LogP contribution is -2.22. The molecule has 0 aliphatic heterocycles. The SMILES string of the molecule is CC(C)(C)c1ccccc(-c2ccc(F)cc2F)c1=O.CC(C)(C)c1ccccc(-c2ccccc2C#N)c1=O.CC(C)(C)c1ccccc(-c2ccccc2Cl)c1=O.CC(C)(C)c1ccccc(-c2ccccc2F)c1=O.COc1cc(F)ccc1-c1ccccc(C(C)(C)C)c1=O.COc1ccccc1-c1ccccc(C(C)(C)C)c1=O.CSc1ccccc1-c1ccccc(C(C)(C)C)c1=O. The van der Waals surface area contributed by atoms with Crippen molar-refractivity contribution in [3.05, 3.63) is 472 Å². The molecular weight excluding hydrogens is 1780 g/mol. The van der Waals surface area contributed by atoms with E-state index in [2.05, 4.69) is 53.7 Å². The van der Waals surface area contributed by atoms with Crippen LogP contribution in [0.4, 0.5) is 17.6 Å². The van der Waals surface area contributed by atoms with Crippen molar-refractivity contribution in [3.63, 3.8) is 0 Å². The number of hydrogen-bond donors (Lipinski definition) is 0. The summed E-state index contributed by atoms with van der Waals surface area (Å²) in [4.78, 5) is 90.3. The summed E-state index contributed by atoms with van der Waals surface area (Å²) in [6, 6.07) is 97.6. The molecule has 10 nitrogen and oxygen atoms in total. The lowest BCUT2D eigenvalue weighted by molar-refractivity contribution is 0.413. The summed E-state index contributed by atoms with van der Waals surface area (Å²) in [7, 11) is 3.09. The Morgan fingerprint density at radius 2 is 0.475 bits per heavy atom. The first-order valence-corrected chi connectivity index (χ1v) is 47.4. The number of thioether (sulfide) groups is 1. The number of rotatable bonds is 10. The third-order valence-corrected chi connectivity index (χ3v) is 23.8. The Hall–Kier alpha value is -13.8. The lowest BCUT2D eigenvalue weighted by atomic mass is 9.86. The fraction of sp³-hybridized carbons (Fsp3) is 0.252. The molecule has 0 radical (unpaired) electrons. The number of benzene rings is 7. The molecule has 0 aliphatic carbocycles. The van der Waals surface area contributed by atoms with Crippen LogP contribution in [0.3, 0.4) is 0 Å². The van der Waals surface area contributed by atoms with Crippen LogP contribution in [0.25, 0.3) is 77.9 Å². The number of methoxy groups -OCH3 is 2. The molecule has 0 bridgehead atoms. The van der Waals surface area contributed by atoms with Gasteiger partial charge in [-0.05, 0) is 104 Å². The Labute approximate surface area is 826 Å². The molecule has 0 aromatic heterocycles. The summed E-state index contributed by atoms with van der Waals surface area (Å²) < 4.78 is 64.7. The highest BCUT2D eigenvalue weighted by Crippen LogP contribution is 2.36. The van der Waals surface area contributed by atoms with Crippen LogP contribution in [0, 0.1) is 34.6 Å². The van der Waals surface area contributed by atoms with Crippen molar-refractivity contribution in [2.75, 3.05) is 20.5 Å². The van der Waals surface area contributed by atoms with Crippen molar-refractivity contribution < 1.29 is 27.0 Å². The standard InChI is InChI=1S/C18H19FO2.C18H17NO.C18H20O2.C18H20OS.C17H17ClO.C17H16F2O.C17H17FO/c1-18(2,3)15-8-6-5-7-14(17(15)20)13-10-9-12(19)11-16(13)21-4;1-18(2,3)16-11-7-6-10-15(17(16)20)14-9-5-4-8-13(14)12-19;2*1-18(2,3)15-11-7-5-10-14(17(15)19)13-9-6-8-12-16(13)20-4;1-17(2,3)14-10-6-4-9-13(16(14)19)12-8-5-7-11-15(12)18;1-17(2,3)14-7-5-4-6-13(16(14)20)12-9-8-11(18)10-15(12)19;1-17(2,3)14-10-6-4-9-13(16(14)19)12-8-5-7-11-15(12)18/h5-11H,1-4H3;4-11H,1-3H3;2*5-12H,1-4H3;4-11H,1-3H3;4-10H,1-3H3;4-11H,1-3H3. The molecule has 14 aromatic carbocycles. The molecular formula is C123H126ClF4NO9S. The molecule has 0 fully saturated rings. The quantitative estimate of drug-likeness (QED) is 0.0946. The van der Waals surface area contributed by atoms with Crippen LogP contribution in [0.1, 0.15) is 190 Å². The number of nitriles is 1. The molecule has 0 aliphatic rings. The van der Waals surface area contributed by atoms with Crippen molar-refractivity contribution in [3.8, 4) is 95.5 Å². The molecule has 0 heterocycles. The molecule has 14 rings (SSSR count). The van der Waals surface area contributed by atoms with Crippen LogP contribution in [0.5, 0.6) is 11.5 Å². The minimum atomic E-state index is -0.729. The van der Waals surface area contributed by atoms with Gasteiger partial charge in [0.1, 0.15) is 34.8 Å². The van der Waals surface area contributed by atoms with E-state index in [1.807, 2.05) is 304 Å². The lowest BCUT2D eigenvalue weighted by Gasteiger charge is -2.17. The predicted molar refractivity (Wildman–Crippen MR) is 572 cm³/mol.